The molecule has 0 aliphatic heterocycles. The van der Waals surface area contributed by atoms with Crippen molar-refractivity contribution < 1.29 is 21.6 Å². The third kappa shape index (κ3) is 5.14. The third-order valence-corrected chi connectivity index (χ3v) is 3.74. The van der Waals surface area contributed by atoms with Crippen LogP contribution in [0.15, 0.2) is 18.2 Å². The first kappa shape index (κ1) is 17.7. The van der Waals surface area contributed by atoms with Crippen molar-refractivity contribution in [1.29, 1.82) is 0 Å². The van der Waals surface area contributed by atoms with Crippen LogP contribution in [0.1, 0.15) is 25.0 Å². The fourth-order valence-electron chi connectivity index (χ4n) is 1.50. The summed E-state index contributed by atoms with van der Waals surface area (Å²) in [6, 6.07) is 2.03. The van der Waals surface area contributed by atoms with Crippen LogP contribution in [0.25, 0.3) is 0 Å². The van der Waals surface area contributed by atoms with Crippen LogP contribution in [0.5, 0.6) is 0 Å². The molecule has 0 fully saturated rings. The summed E-state index contributed by atoms with van der Waals surface area (Å²) in [4.78, 5) is -0.344. The smallest absolute Gasteiger partial charge is 0.389 e. The first-order valence-corrected chi connectivity index (χ1v) is 7.62. The molecule has 1 aromatic rings. The van der Waals surface area contributed by atoms with Gasteiger partial charge in [0.1, 0.15) is 4.99 Å². The molecule has 0 aliphatic carbocycles. The Bertz CT molecular complexity index is 643. The predicted octanol–water partition coefficient (Wildman–Crippen LogP) is 1.99. The third-order valence-electron chi connectivity index (χ3n) is 2.25. The van der Waals surface area contributed by atoms with Crippen LogP contribution in [-0.2, 0) is 16.4 Å². The number of hydrogen-bond donors (Lipinski definition) is 3. The van der Waals surface area contributed by atoms with Crippen LogP contribution in [0.2, 0.25) is 0 Å². The molecule has 0 saturated heterocycles. The first-order chi connectivity index (χ1) is 9.42. The number of halogens is 3. The lowest BCUT2D eigenvalue weighted by molar-refractivity contribution is -0.137. The average molecular weight is 341 g/mol. The fourth-order valence-corrected chi connectivity index (χ4v) is 2.81. The number of anilines is 1. The largest absolute Gasteiger partial charge is 0.416 e. The van der Waals surface area contributed by atoms with Gasteiger partial charge in [0.25, 0.3) is 10.2 Å². The first-order valence-electron chi connectivity index (χ1n) is 5.73. The Morgan fingerprint density at radius 2 is 1.90 bits per heavy atom. The average Bonchev–Trinajstić information content (AvgIpc) is 2.24. The summed E-state index contributed by atoms with van der Waals surface area (Å²) in [5, 5.41) is 0. The lowest BCUT2D eigenvalue weighted by Gasteiger charge is -2.16. The van der Waals surface area contributed by atoms with Crippen molar-refractivity contribution in [1.82, 2.24) is 4.72 Å². The van der Waals surface area contributed by atoms with E-state index in [1.165, 1.54) is 0 Å². The van der Waals surface area contributed by atoms with Gasteiger partial charge in [-0.25, -0.2) is 0 Å². The molecule has 5 nitrogen and oxygen atoms in total. The number of hydrogen-bond acceptors (Lipinski definition) is 3. The topological polar surface area (TPSA) is 84.2 Å². The minimum absolute atomic E-state index is 0.122. The van der Waals surface area contributed by atoms with Crippen molar-refractivity contribution in [3.05, 3.63) is 29.3 Å². The van der Waals surface area contributed by atoms with Crippen LogP contribution in [0.3, 0.4) is 0 Å². The molecule has 118 valence electrons. The number of rotatable bonds is 5. The summed E-state index contributed by atoms with van der Waals surface area (Å²) >= 11 is 4.66. The summed E-state index contributed by atoms with van der Waals surface area (Å²) in [5.74, 6) is 0. The van der Waals surface area contributed by atoms with E-state index in [1.807, 2.05) is 0 Å². The van der Waals surface area contributed by atoms with Crippen LogP contribution < -0.4 is 15.2 Å². The van der Waals surface area contributed by atoms with Gasteiger partial charge >= 0.3 is 6.18 Å². The second-order valence-corrected chi connectivity index (χ2v) is 6.39. The molecule has 10 heteroatoms. The van der Waals surface area contributed by atoms with E-state index in [0.29, 0.717) is 6.07 Å². The molecule has 0 heterocycles. The van der Waals surface area contributed by atoms with Gasteiger partial charge in [-0.2, -0.15) is 26.3 Å². The molecule has 0 atom stereocenters. The van der Waals surface area contributed by atoms with Crippen molar-refractivity contribution in [3.63, 3.8) is 0 Å². The Kier molecular flexibility index (Phi) is 5.18. The van der Waals surface area contributed by atoms with E-state index in [4.69, 9.17) is 5.73 Å². The monoisotopic (exact) mass is 341 g/mol. The standard InChI is InChI=1S/C11H14F3N3O2S2/c1-6(2)16-21(18,19)17-9-4-3-7(11(12,13)14)5-8(9)10(15)20/h3-6,16-17H,1-2H3,(H2,15,20). The van der Waals surface area contributed by atoms with Crippen molar-refractivity contribution >= 4 is 33.1 Å². The van der Waals surface area contributed by atoms with Gasteiger partial charge in [0.15, 0.2) is 0 Å². The predicted molar refractivity (Wildman–Crippen MR) is 78.1 cm³/mol. The number of thiocarbonyl (C=S) groups is 1. The molecule has 21 heavy (non-hydrogen) atoms. The number of alkyl halides is 3. The molecule has 0 aliphatic rings. The lowest BCUT2D eigenvalue weighted by Crippen LogP contribution is -2.35. The molecule has 0 amide bonds. The highest BCUT2D eigenvalue weighted by Gasteiger charge is 2.31. The zero-order valence-corrected chi connectivity index (χ0v) is 12.8. The van der Waals surface area contributed by atoms with E-state index in [1.54, 1.807) is 13.8 Å². The van der Waals surface area contributed by atoms with Gasteiger partial charge in [-0.15, -0.1) is 0 Å². The maximum absolute atomic E-state index is 12.6. The normalized spacial score (nSPS) is 12.5. The molecule has 0 saturated carbocycles. The lowest BCUT2D eigenvalue weighted by atomic mass is 10.1. The molecule has 0 spiro atoms. The van der Waals surface area contributed by atoms with Crippen LogP contribution in [0, 0.1) is 0 Å². The maximum Gasteiger partial charge on any atom is 0.416 e. The molecular weight excluding hydrogens is 327 g/mol. The molecule has 1 rings (SSSR count). The van der Waals surface area contributed by atoms with Crippen LogP contribution in [-0.4, -0.2) is 19.4 Å². The highest BCUT2D eigenvalue weighted by atomic mass is 32.2. The number of nitrogens with one attached hydrogen (secondary N) is 2. The maximum atomic E-state index is 12.6. The molecular formula is C11H14F3N3O2S2. The van der Waals surface area contributed by atoms with Gasteiger partial charge < -0.3 is 5.73 Å². The van der Waals surface area contributed by atoms with E-state index >= 15 is 0 Å². The molecule has 0 bridgehead atoms. The number of benzene rings is 1. The van der Waals surface area contributed by atoms with E-state index in [9.17, 15) is 21.6 Å². The van der Waals surface area contributed by atoms with Crippen molar-refractivity contribution in [3.8, 4) is 0 Å². The Morgan fingerprint density at radius 3 is 2.33 bits per heavy atom. The van der Waals surface area contributed by atoms with E-state index in [0.717, 1.165) is 12.1 Å². The van der Waals surface area contributed by atoms with Crippen LogP contribution in [0.4, 0.5) is 18.9 Å². The molecule has 1 aromatic carbocycles. The minimum Gasteiger partial charge on any atom is -0.389 e. The quantitative estimate of drug-likeness (QED) is 0.715. The van der Waals surface area contributed by atoms with Crippen molar-refractivity contribution in [2.24, 2.45) is 5.73 Å². The zero-order valence-electron chi connectivity index (χ0n) is 11.2. The Morgan fingerprint density at radius 1 is 1.33 bits per heavy atom. The summed E-state index contributed by atoms with van der Waals surface area (Å²) in [7, 11) is -3.93. The highest BCUT2D eigenvalue weighted by molar-refractivity contribution is 7.90. The molecule has 4 N–H and O–H groups in total. The second-order valence-electron chi connectivity index (χ2n) is 4.50. The molecule has 0 aromatic heterocycles. The molecule has 0 unspecified atom stereocenters. The van der Waals surface area contributed by atoms with Gasteiger partial charge in [-0.1, -0.05) is 12.2 Å². The Balaban J connectivity index is 3.23. The van der Waals surface area contributed by atoms with Gasteiger partial charge in [-0.05, 0) is 32.0 Å². The van der Waals surface area contributed by atoms with E-state index < -0.39 is 21.9 Å². The summed E-state index contributed by atoms with van der Waals surface area (Å²) in [6.07, 6.45) is -4.58. The minimum atomic E-state index is -4.58. The van der Waals surface area contributed by atoms with Crippen molar-refractivity contribution in [2.75, 3.05) is 4.72 Å². The summed E-state index contributed by atoms with van der Waals surface area (Å²) in [6.45, 7) is 3.20. The highest BCUT2D eigenvalue weighted by Crippen LogP contribution is 2.32. The van der Waals surface area contributed by atoms with E-state index in [-0.39, 0.29) is 22.3 Å². The number of nitrogens with two attached hydrogens (primary N) is 1. The zero-order chi connectivity index (χ0) is 16.4. The SMILES string of the molecule is CC(C)NS(=O)(=O)Nc1ccc(C(F)(F)F)cc1C(N)=S. The van der Waals surface area contributed by atoms with Crippen molar-refractivity contribution in [2.45, 2.75) is 26.1 Å². The van der Waals surface area contributed by atoms with Gasteiger partial charge in [0, 0.05) is 11.6 Å². The summed E-state index contributed by atoms with van der Waals surface area (Å²) < 4.78 is 65.7. The van der Waals surface area contributed by atoms with E-state index in [2.05, 4.69) is 21.7 Å². The van der Waals surface area contributed by atoms with Crippen LogP contribution >= 0.6 is 12.2 Å². The Hall–Kier alpha value is -1.39. The summed E-state index contributed by atoms with van der Waals surface area (Å²) in [5.41, 5.74) is 4.07. The van der Waals surface area contributed by atoms with Gasteiger partial charge in [0.05, 0.1) is 11.3 Å². The fraction of sp³-hybridized carbons (Fsp3) is 0.364. The Labute approximate surface area is 125 Å². The van der Waals surface area contributed by atoms with Gasteiger partial charge in [0.2, 0.25) is 0 Å². The molecule has 0 radical (unpaired) electrons. The van der Waals surface area contributed by atoms with Gasteiger partial charge in [-0.3, -0.25) is 4.72 Å². The second kappa shape index (κ2) is 6.16.